The number of thiazole rings is 1. The number of halogens is 1. The van der Waals surface area contributed by atoms with E-state index in [1.807, 2.05) is 24.3 Å². The van der Waals surface area contributed by atoms with Crippen LogP contribution < -0.4 is 10.1 Å². The molecule has 9 heteroatoms. The molecule has 1 N–H and O–H groups in total. The average molecular weight is 454 g/mol. The maximum Gasteiger partial charge on any atom is 0.311 e. The van der Waals surface area contributed by atoms with E-state index < -0.39 is 10.8 Å². The van der Waals surface area contributed by atoms with Crippen LogP contribution in [0, 0.1) is 10.1 Å². The molecule has 0 aliphatic heterocycles. The number of ether oxygens (including phenoxy) is 1. The number of nitro groups is 1. The molecular formula is C22H16ClN3O4S. The number of para-hydroxylation sites is 1. The fourth-order valence-corrected chi connectivity index (χ4v) is 4.37. The number of hydrogen-bond donors (Lipinski definition) is 1. The summed E-state index contributed by atoms with van der Waals surface area (Å²) in [6.45, 7) is 2.01. The lowest BCUT2D eigenvalue weighted by Gasteiger charge is -2.09. The zero-order valence-electron chi connectivity index (χ0n) is 16.3. The minimum Gasteiger partial charge on any atom is -0.487 e. The van der Waals surface area contributed by atoms with Gasteiger partial charge in [-0.25, -0.2) is 4.98 Å². The Morgan fingerprint density at radius 3 is 2.71 bits per heavy atom. The van der Waals surface area contributed by atoms with E-state index in [2.05, 4.69) is 10.3 Å². The van der Waals surface area contributed by atoms with Gasteiger partial charge < -0.3 is 10.1 Å². The molecular weight excluding hydrogens is 438 g/mol. The van der Waals surface area contributed by atoms with Gasteiger partial charge in [-0.05, 0) is 49.4 Å². The highest BCUT2D eigenvalue weighted by Gasteiger charge is 2.19. The van der Waals surface area contributed by atoms with Crippen molar-refractivity contribution in [3.05, 3.63) is 81.4 Å². The van der Waals surface area contributed by atoms with E-state index in [0.717, 1.165) is 20.8 Å². The van der Waals surface area contributed by atoms with Crippen LogP contribution in [0.5, 0.6) is 5.75 Å². The van der Waals surface area contributed by atoms with Gasteiger partial charge in [0, 0.05) is 22.9 Å². The molecule has 4 aromatic rings. The molecule has 0 saturated heterocycles. The Kier molecular flexibility index (Phi) is 5.83. The number of benzene rings is 3. The van der Waals surface area contributed by atoms with Gasteiger partial charge in [0.1, 0.15) is 5.01 Å². The minimum atomic E-state index is -0.578. The lowest BCUT2D eigenvalue weighted by molar-refractivity contribution is -0.385. The van der Waals surface area contributed by atoms with Gasteiger partial charge >= 0.3 is 5.69 Å². The Morgan fingerprint density at radius 2 is 2.00 bits per heavy atom. The quantitative estimate of drug-likeness (QED) is 0.278. The molecule has 0 aliphatic carbocycles. The standard InChI is InChI=1S/C22H16ClN3O4S/c1-2-30-19-10-7-13(11-18(19)26(28)29)21(27)24-14-8-9-15(16(23)12-14)22-25-17-5-3-4-6-20(17)31-22/h3-12H,2H2,1H3,(H,24,27). The number of fused-ring (bicyclic) bond motifs is 1. The molecule has 3 aromatic carbocycles. The smallest absolute Gasteiger partial charge is 0.311 e. The Bertz CT molecular complexity index is 1270. The molecule has 0 spiro atoms. The van der Waals surface area contributed by atoms with Crippen LogP contribution in [0.15, 0.2) is 60.7 Å². The van der Waals surface area contributed by atoms with E-state index in [4.69, 9.17) is 16.3 Å². The lowest BCUT2D eigenvalue weighted by Crippen LogP contribution is -2.12. The van der Waals surface area contributed by atoms with Gasteiger partial charge in [0.05, 0.1) is 26.8 Å². The molecule has 0 saturated carbocycles. The number of nitro benzene ring substituents is 1. The van der Waals surface area contributed by atoms with E-state index in [0.29, 0.717) is 10.7 Å². The van der Waals surface area contributed by atoms with Crippen molar-refractivity contribution in [3.8, 4) is 16.3 Å². The summed E-state index contributed by atoms with van der Waals surface area (Å²) in [5.41, 5.74) is 2.00. The third-order valence-electron chi connectivity index (χ3n) is 4.47. The Labute approximate surface area is 186 Å². The van der Waals surface area contributed by atoms with Crippen molar-refractivity contribution in [2.75, 3.05) is 11.9 Å². The maximum atomic E-state index is 12.6. The maximum absolute atomic E-state index is 12.6. The molecule has 31 heavy (non-hydrogen) atoms. The van der Waals surface area contributed by atoms with E-state index in [1.165, 1.54) is 29.5 Å². The van der Waals surface area contributed by atoms with Gasteiger partial charge in [0.25, 0.3) is 5.91 Å². The van der Waals surface area contributed by atoms with Gasteiger partial charge in [-0.15, -0.1) is 11.3 Å². The van der Waals surface area contributed by atoms with Crippen molar-refractivity contribution in [2.24, 2.45) is 0 Å². The number of aromatic nitrogens is 1. The largest absolute Gasteiger partial charge is 0.487 e. The van der Waals surface area contributed by atoms with Crippen molar-refractivity contribution < 1.29 is 14.5 Å². The summed E-state index contributed by atoms with van der Waals surface area (Å²) in [6, 6.07) is 17.0. The Morgan fingerprint density at radius 1 is 1.19 bits per heavy atom. The Hall–Kier alpha value is -3.49. The molecule has 0 bridgehead atoms. The monoisotopic (exact) mass is 453 g/mol. The number of amides is 1. The van der Waals surface area contributed by atoms with E-state index >= 15 is 0 Å². The zero-order valence-corrected chi connectivity index (χ0v) is 17.9. The van der Waals surface area contributed by atoms with Gasteiger partial charge in [-0.1, -0.05) is 23.7 Å². The predicted octanol–water partition coefficient (Wildman–Crippen LogP) is 6.18. The van der Waals surface area contributed by atoms with E-state index in [9.17, 15) is 14.9 Å². The van der Waals surface area contributed by atoms with Crippen molar-refractivity contribution in [3.63, 3.8) is 0 Å². The second-order valence-corrected chi connectivity index (χ2v) is 7.95. The highest BCUT2D eigenvalue weighted by Crippen LogP contribution is 2.36. The van der Waals surface area contributed by atoms with Crippen LogP contribution in [0.25, 0.3) is 20.8 Å². The molecule has 4 rings (SSSR count). The number of rotatable bonds is 6. The Balaban J connectivity index is 1.57. The van der Waals surface area contributed by atoms with Gasteiger partial charge in [-0.2, -0.15) is 0 Å². The molecule has 0 unspecified atom stereocenters. The summed E-state index contributed by atoms with van der Waals surface area (Å²) < 4.78 is 6.31. The molecule has 156 valence electrons. The number of nitrogens with one attached hydrogen (secondary N) is 1. The van der Waals surface area contributed by atoms with Crippen LogP contribution in [0.3, 0.4) is 0 Å². The molecule has 1 aromatic heterocycles. The lowest BCUT2D eigenvalue weighted by atomic mass is 10.1. The van der Waals surface area contributed by atoms with E-state index in [-0.39, 0.29) is 23.6 Å². The molecule has 0 radical (unpaired) electrons. The minimum absolute atomic E-state index is 0.118. The fourth-order valence-electron chi connectivity index (χ4n) is 3.04. The second-order valence-electron chi connectivity index (χ2n) is 6.51. The first kappa shape index (κ1) is 20.8. The number of hydrogen-bond acceptors (Lipinski definition) is 6. The number of carbonyl (C=O) groups excluding carboxylic acids is 1. The molecule has 0 fully saturated rings. The summed E-state index contributed by atoms with van der Waals surface area (Å²) >= 11 is 7.98. The van der Waals surface area contributed by atoms with Crippen LogP contribution in [0.1, 0.15) is 17.3 Å². The van der Waals surface area contributed by atoms with Crippen LogP contribution in [-0.4, -0.2) is 22.4 Å². The zero-order chi connectivity index (χ0) is 22.0. The summed E-state index contributed by atoms with van der Waals surface area (Å²) in [4.78, 5) is 27.9. The SMILES string of the molecule is CCOc1ccc(C(=O)Nc2ccc(-c3nc4ccccc4s3)c(Cl)c2)cc1[N+](=O)[O-]. The summed E-state index contributed by atoms with van der Waals surface area (Å²) in [5.74, 6) is -0.373. The van der Waals surface area contributed by atoms with Crippen LogP contribution in [-0.2, 0) is 0 Å². The van der Waals surface area contributed by atoms with Crippen LogP contribution >= 0.6 is 22.9 Å². The number of anilines is 1. The molecule has 1 amide bonds. The van der Waals surface area contributed by atoms with Crippen molar-refractivity contribution >= 4 is 50.4 Å². The van der Waals surface area contributed by atoms with Crippen molar-refractivity contribution in [1.29, 1.82) is 0 Å². The van der Waals surface area contributed by atoms with Gasteiger partial charge in [-0.3, -0.25) is 14.9 Å². The second kappa shape index (κ2) is 8.71. The third kappa shape index (κ3) is 4.35. The van der Waals surface area contributed by atoms with Gasteiger partial charge in [0.2, 0.25) is 0 Å². The number of carbonyl (C=O) groups is 1. The van der Waals surface area contributed by atoms with Crippen LogP contribution in [0.2, 0.25) is 5.02 Å². The van der Waals surface area contributed by atoms with Crippen LogP contribution in [0.4, 0.5) is 11.4 Å². The van der Waals surface area contributed by atoms with E-state index in [1.54, 1.807) is 25.1 Å². The predicted molar refractivity (Wildman–Crippen MR) is 122 cm³/mol. The fraction of sp³-hybridized carbons (Fsp3) is 0.0909. The molecule has 0 atom stereocenters. The molecule has 0 aliphatic rings. The summed E-state index contributed by atoms with van der Waals surface area (Å²) in [6.07, 6.45) is 0. The van der Waals surface area contributed by atoms with Crippen molar-refractivity contribution in [2.45, 2.75) is 6.92 Å². The normalized spacial score (nSPS) is 10.8. The summed E-state index contributed by atoms with van der Waals surface area (Å²) in [5, 5.41) is 15.2. The molecule has 7 nitrogen and oxygen atoms in total. The number of nitrogens with zero attached hydrogens (tertiary/aromatic N) is 2. The first-order valence-corrected chi connectivity index (χ1v) is 10.5. The first-order valence-electron chi connectivity index (χ1n) is 9.34. The summed E-state index contributed by atoms with van der Waals surface area (Å²) in [7, 11) is 0. The van der Waals surface area contributed by atoms with Crippen molar-refractivity contribution in [1.82, 2.24) is 4.98 Å². The third-order valence-corrected chi connectivity index (χ3v) is 5.85. The first-order chi connectivity index (χ1) is 15.0. The highest BCUT2D eigenvalue weighted by molar-refractivity contribution is 7.21. The molecule has 1 heterocycles. The van der Waals surface area contributed by atoms with Gasteiger partial charge in [0.15, 0.2) is 5.75 Å². The average Bonchev–Trinajstić information content (AvgIpc) is 3.18. The topological polar surface area (TPSA) is 94.4 Å². The highest BCUT2D eigenvalue weighted by atomic mass is 35.5.